The summed E-state index contributed by atoms with van der Waals surface area (Å²) < 4.78 is 12.9. The summed E-state index contributed by atoms with van der Waals surface area (Å²) in [6, 6.07) is 12.1. The molecule has 37 heavy (non-hydrogen) atoms. The van der Waals surface area contributed by atoms with Crippen LogP contribution >= 0.6 is 11.6 Å². The van der Waals surface area contributed by atoms with Gasteiger partial charge in [-0.1, -0.05) is 11.6 Å². The molecule has 4 aromatic heterocycles. The summed E-state index contributed by atoms with van der Waals surface area (Å²) in [5.41, 5.74) is 3.99. The number of rotatable bonds is 8. The Morgan fingerprint density at radius 3 is 2.59 bits per heavy atom. The lowest BCUT2D eigenvalue weighted by Gasteiger charge is -2.35. The second-order valence-corrected chi connectivity index (χ2v) is 9.48. The maximum absolute atomic E-state index is 9.63. The van der Waals surface area contributed by atoms with Crippen LogP contribution in [0, 0.1) is 11.3 Å². The molecule has 1 aliphatic heterocycles. The average Bonchev–Trinajstić information content (AvgIpc) is 3.36. The fourth-order valence-electron chi connectivity index (χ4n) is 4.36. The van der Waals surface area contributed by atoms with Crippen LogP contribution in [0.5, 0.6) is 5.75 Å². The van der Waals surface area contributed by atoms with Crippen LogP contribution in [0.15, 0.2) is 55.1 Å². The average molecular weight is 518 g/mol. The van der Waals surface area contributed by atoms with Gasteiger partial charge in [0.15, 0.2) is 0 Å². The summed E-state index contributed by atoms with van der Waals surface area (Å²) >= 11 is 5.95. The standard InChI is InChI=1S/C27H28ClN7O2/c1-19(36-2)18-37-24-11-25(27-21(12-29)14-32-35(27)17-24)20-3-6-26(31-13-20)34-9-7-33(8-10-34)16-23-5-4-22(28)15-30-23/h3-6,11,13-15,17,19H,7-10,16,18H2,1-2H3. The van der Waals surface area contributed by atoms with Gasteiger partial charge in [-0.2, -0.15) is 10.4 Å². The Morgan fingerprint density at radius 1 is 1.08 bits per heavy atom. The molecule has 0 N–H and O–H groups in total. The molecule has 1 aliphatic rings. The van der Waals surface area contributed by atoms with Crippen LogP contribution in [-0.2, 0) is 11.3 Å². The largest absolute Gasteiger partial charge is 0.489 e. The van der Waals surface area contributed by atoms with Gasteiger partial charge in [0.2, 0.25) is 0 Å². The van der Waals surface area contributed by atoms with Crippen LogP contribution in [0.3, 0.4) is 0 Å². The number of hydrogen-bond acceptors (Lipinski definition) is 8. The zero-order valence-corrected chi connectivity index (χ0v) is 21.6. The van der Waals surface area contributed by atoms with Crippen LogP contribution < -0.4 is 9.64 Å². The van der Waals surface area contributed by atoms with Crippen molar-refractivity contribution in [3.8, 4) is 22.9 Å². The van der Waals surface area contributed by atoms with Crippen molar-refractivity contribution in [3.05, 3.63) is 71.4 Å². The first kappa shape index (κ1) is 25.0. The van der Waals surface area contributed by atoms with Crippen molar-refractivity contribution in [1.29, 1.82) is 5.26 Å². The van der Waals surface area contributed by atoms with Gasteiger partial charge in [-0.15, -0.1) is 0 Å². The molecule has 0 aromatic carbocycles. The maximum Gasteiger partial charge on any atom is 0.138 e. The monoisotopic (exact) mass is 517 g/mol. The smallest absolute Gasteiger partial charge is 0.138 e. The van der Waals surface area contributed by atoms with E-state index in [1.54, 1.807) is 30.2 Å². The summed E-state index contributed by atoms with van der Waals surface area (Å²) in [5.74, 6) is 1.58. The molecule has 1 atom stereocenters. The normalized spacial score (nSPS) is 15.0. The van der Waals surface area contributed by atoms with E-state index < -0.39 is 0 Å². The first-order valence-corrected chi connectivity index (χ1v) is 12.5. The minimum Gasteiger partial charge on any atom is -0.489 e. The van der Waals surface area contributed by atoms with E-state index >= 15 is 0 Å². The molecule has 5 rings (SSSR count). The Morgan fingerprint density at radius 2 is 1.92 bits per heavy atom. The number of pyridine rings is 3. The Hall–Kier alpha value is -3.71. The minimum absolute atomic E-state index is 0.0460. The Balaban J connectivity index is 1.31. The highest BCUT2D eigenvalue weighted by atomic mass is 35.5. The number of anilines is 1. The fraction of sp³-hybridized carbons (Fsp3) is 0.333. The van der Waals surface area contributed by atoms with Gasteiger partial charge in [0.1, 0.15) is 24.2 Å². The first-order valence-electron chi connectivity index (χ1n) is 12.2. The van der Waals surface area contributed by atoms with E-state index in [9.17, 15) is 5.26 Å². The second-order valence-electron chi connectivity index (χ2n) is 9.05. The molecular formula is C27H28ClN7O2. The molecule has 0 radical (unpaired) electrons. The van der Waals surface area contributed by atoms with E-state index in [1.807, 2.05) is 43.5 Å². The molecular weight excluding hydrogens is 490 g/mol. The number of fused-ring (bicyclic) bond motifs is 1. The predicted octanol–water partition coefficient (Wildman–Crippen LogP) is 4.05. The van der Waals surface area contributed by atoms with E-state index in [0.717, 1.165) is 60.9 Å². The zero-order valence-electron chi connectivity index (χ0n) is 20.8. The molecule has 0 bridgehead atoms. The number of hydrogen-bond donors (Lipinski definition) is 0. The number of halogens is 1. The highest BCUT2D eigenvalue weighted by Crippen LogP contribution is 2.31. The second kappa shape index (κ2) is 11.1. The van der Waals surface area contributed by atoms with Crippen LogP contribution in [-0.4, -0.2) is 70.5 Å². The van der Waals surface area contributed by atoms with Gasteiger partial charge in [0.05, 0.1) is 40.3 Å². The fourth-order valence-corrected chi connectivity index (χ4v) is 4.47. The van der Waals surface area contributed by atoms with Crippen LogP contribution in [0.1, 0.15) is 18.2 Å². The molecule has 0 aliphatic carbocycles. The number of methoxy groups -OCH3 is 1. The van der Waals surface area contributed by atoms with Gasteiger partial charge >= 0.3 is 0 Å². The summed E-state index contributed by atoms with van der Waals surface area (Å²) in [4.78, 5) is 13.8. The zero-order chi connectivity index (χ0) is 25.8. The van der Waals surface area contributed by atoms with Gasteiger partial charge in [-0.05, 0) is 37.3 Å². The van der Waals surface area contributed by atoms with Crippen LogP contribution in [0.4, 0.5) is 5.82 Å². The van der Waals surface area contributed by atoms with Crippen molar-refractivity contribution >= 4 is 22.9 Å². The third-order valence-electron chi connectivity index (χ3n) is 6.52. The molecule has 0 spiro atoms. The molecule has 9 nitrogen and oxygen atoms in total. The van der Waals surface area contributed by atoms with Crippen molar-refractivity contribution in [2.24, 2.45) is 0 Å². The Kier molecular flexibility index (Phi) is 7.51. The number of ether oxygens (including phenoxy) is 2. The number of aromatic nitrogens is 4. The molecule has 1 unspecified atom stereocenters. The van der Waals surface area contributed by atoms with Gasteiger partial charge in [-0.3, -0.25) is 9.88 Å². The van der Waals surface area contributed by atoms with Crippen molar-refractivity contribution < 1.29 is 9.47 Å². The lowest BCUT2D eigenvalue weighted by molar-refractivity contribution is 0.0715. The minimum atomic E-state index is -0.0460. The molecule has 10 heteroatoms. The first-order chi connectivity index (χ1) is 18.0. The van der Waals surface area contributed by atoms with E-state index in [0.29, 0.717) is 22.9 Å². The van der Waals surface area contributed by atoms with Crippen LogP contribution in [0.2, 0.25) is 5.02 Å². The van der Waals surface area contributed by atoms with Crippen LogP contribution in [0.25, 0.3) is 16.6 Å². The summed E-state index contributed by atoms with van der Waals surface area (Å²) in [5, 5.41) is 14.6. The molecule has 5 heterocycles. The SMILES string of the molecule is COC(C)COc1cc(-c2ccc(N3CCN(Cc4ccc(Cl)cn4)CC3)nc2)c2c(C#N)cnn2c1. The topological polar surface area (TPSA) is 91.8 Å². The number of nitrogens with zero attached hydrogens (tertiary/aromatic N) is 7. The molecule has 1 saturated heterocycles. The molecule has 0 saturated carbocycles. The van der Waals surface area contributed by atoms with E-state index in [4.69, 9.17) is 26.1 Å². The van der Waals surface area contributed by atoms with Gasteiger partial charge in [-0.25, -0.2) is 9.50 Å². The van der Waals surface area contributed by atoms with Crippen molar-refractivity contribution in [3.63, 3.8) is 0 Å². The predicted molar refractivity (Wildman–Crippen MR) is 142 cm³/mol. The van der Waals surface area contributed by atoms with Gasteiger partial charge in [0, 0.05) is 63.4 Å². The lowest BCUT2D eigenvalue weighted by atomic mass is 10.1. The molecule has 1 fully saturated rings. The van der Waals surface area contributed by atoms with Crippen molar-refractivity contribution in [1.82, 2.24) is 24.5 Å². The summed E-state index contributed by atoms with van der Waals surface area (Å²) in [6.45, 7) is 6.77. The molecule has 190 valence electrons. The molecule has 4 aromatic rings. The Bertz CT molecular complexity index is 1390. The number of piperazine rings is 1. The van der Waals surface area contributed by atoms with Gasteiger partial charge in [0.25, 0.3) is 0 Å². The van der Waals surface area contributed by atoms with E-state index in [-0.39, 0.29) is 6.10 Å². The van der Waals surface area contributed by atoms with E-state index in [2.05, 4.69) is 26.0 Å². The highest BCUT2D eigenvalue weighted by Gasteiger charge is 2.19. The molecule has 0 amide bonds. The third-order valence-corrected chi connectivity index (χ3v) is 6.75. The third kappa shape index (κ3) is 5.67. The maximum atomic E-state index is 9.63. The Labute approximate surface area is 220 Å². The summed E-state index contributed by atoms with van der Waals surface area (Å²) in [6.07, 6.45) is 6.85. The van der Waals surface area contributed by atoms with Gasteiger partial charge < -0.3 is 14.4 Å². The lowest BCUT2D eigenvalue weighted by Crippen LogP contribution is -2.46. The number of nitriles is 1. The summed E-state index contributed by atoms with van der Waals surface area (Å²) in [7, 11) is 1.65. The van der Waals surface area contributed by atoms with E-state index in [1.165, 1.54) is 0 Å². The quantitative estimate of drug-likeness (QED) is 0.345. The highest BCUT2D eigenvalue weighted by molar-refractivity contribution is 6.30. The van der Waals surface area contributed by atoms with Crippen molar-refractivity contribution in [2.75, 3.05) is 44.8 Å². The van der Waals surface area contributed by atoms with Crippen molar-refractivity contribution in [2.45, 2.75) is 19.6 Å².